The molecule has 1 aromatic heterocycles. The van der Waals surface area contributed by atoms with Crippen LogP contribution in [0.25, 0.3) is 0 Å². The van der Waals surface area contributed by atoms with Gasteiger partial charge in [0.05, 0.1) is 6.42 Å². The van der Waals surface area contributed by atoms with Gasteiger partial charge in [0.2, 0.25) is 11.8 Å². The second-order valence-electron chi connectivity index (χ2n) is 8.13. The molecule has 7 heteroatoms. The number of ether oxygens (including phenoxy) is 1. The number of aromatic nitrogens is 2. The number of nitrogens with zero attached hydrogens (tertiary/aromatic N) is 3. The minimum absolute atomic E-state index is 0.00433. The highest BCUT2D eigenvalue weighted by Crippen LogP contribution is 2.34. The number of likely N-dealkylation sites (tertiary alicyclic amines) is 1. The minimum Gasteiger partial charge on any atom is -0.381 e. The van der Waals surface area contributed by atoms with Crippen LogP contribution in [0.4, 0.5) is 4.39 Å². The van der Waals surface area contributed by atoms with Crippen molar-refractivity contribution in [2.45, 2.75) is 50.4 Å². The third-order valence-electron chi connectivity index (χ3n) is 5.85. The SMILES string of the molecule is CC1(c2noc(C3CCOCC3)n2)CCCN(C(=O)Cc2cccc(F)c2)C1. The molecule has 28 heavy (non-hydrogen) atoms. The van der Waals surface area contributed by atoms with E-state index in [4.69, 9.17) is 14.2 Å². The van der Waals surface area contributed by atoms with Crippen molar-refractivity contribution in [3.63, 3.8) is 0 Å². The zero-order chi connectivity index (χ0) is 19.6. The van der Waals surface area contributed by atoms with Crippen LogP contribution in [-0.2, 0) is 21.4 Å². The number of amides is 1. The van der Waals surface area contributed by atoms with E-state index in [2.05, 4.69) is 12.1 Å². The number of carbonyl (C=O) groups excluding carboxylic acids is 1. The summed E-state index contributed by atoms with van der Waals surface area (Å²) in [5.74, 6) is 1.30. The molecular formula is C21H26FN3O3. The molecular weight excluding hydrogens is 361 g/mol. The number of rotatable bonds is 4. The molecule has 1 aromatic carbocycles. The van der Waals surface area contributed by atoms with Gasteiger partial charge < -0.3 is 14.2 Å². The van der Waals surface area contributed by atoms with Gasteiger partial charge in [0.25, 0.3) is 0 Å². The third kappa shape index (κ3) is 4.09. The molecule has 1 unspecified atom stereocenters. The number of halogens is 1. The summed E-state index contributed by atoms with van der Waals surface area (Å²) in [6, 6.07) is 6.22. The molecule has 0 N–H and O–H groups in total. The molecule has 1 atom stereocenters. The highest BCUT2D eigenvalue weighted by molar-refractivity contribution is 5.79. The Bertz CT molecular complexity index is 834. The van der Waals surface area contributed by atoms with Crippen molar-refractivity contribution >= 4 is 5.91 Å². The van der Waals surface area contributed by atoms with Gasteiger partial charge in [0.1, 0.15) is 5.82 Å². The van der Waals surface area contributed by atoms with Crippen molar-refractivity contribution in [2.75, 3.05) is 26.3 Å². The summed E-state index contributed by atoms with van der Waals surface area (Å²) < 4.78 is 24.4. The van der Waals surface area contributed by atoms with Crippen LogP contribution >= 0.6 is 0 Å². The molecule has 3 heterocycles. The number of hydrogen-bond acceptors (Lipinski definition) is 5. The number of hydrogen-bond donors (Lipinski definition) is 0. The van der Waals surface area contributed by atoms with Crippen LogP contribution in [0, 0.1) is 5.82 Å². The lowest BCUT2D eigenvalue weighted by atomic mass is 9.81. The Morgan fingerprint density at radius 2 is 2.18 bits per heavy atom. The number of piperidine rings is 1. The average molecular weight is 387 g/mol. The summed E-state index contributed by atoms with van der Waals surface area (Å²) in [6.45, 7) is 4.79. The minimum atomic E-state index is -0.331. The Balaban J connectivity index is 1.44. The number of benzene rings is 1. The first-order valence-corrected chi connectivity index (χ1v) is 9.97. The van der Waals surface area contributed by atoms with Gasteiger partial charge in [-0.2, -0.15) is 4.98 Å². The Morgan fingerprint density at radius 3 is 2.96 bits per heavy atom. The molecule has 2 aliphatic heterocycles. The topological polar surface area (TPSA) is 68.5 Å². The summed E-state index contributed by atoms with van der Waals surface area (Å²) in [5, 5.41) is 4.26. The lowest BCUT2D eigenvalue weighted by Gasteiger charge is -2.38. The highest BCUT2D eigenvalue weighted by atomic mass is 19.1. The highest BCUT2D eigenvalue weighted by Gasteiger charge is 2.39. The van der Waals surface area contributed by atoms with Crippen LogP contribution in [-0.4, -0.2) is 47.3 Å². The molecule has 0 saturated carbocycles. The number of carbonyl (C=O) groups is 1. The first kappa shape index (κ1) is 19.1. The van der Waals surface area contributed by atoms with Crippen LogP contribution in [0.3, 0.4) is 0 Å². The van der Waals surface area contributed by atoms with Crippen molar-refractivity contribution in [1.82, 2.24) is 15.0 Å². The first-order valence-electron chi connectivity index (χ1n) is 9.97. The van der Waals surface area contributed by atoms with Crippen LogP contribution < -0.4 is 0 Å². The zero-order valence-electron chi connectivity index (χ0n) is 16.2. The average Bonchev–Trinajstić information content (AvgIpc) is 3.20. The molecule has 0 spiro atoms. The fraction of sp³-hybridized carbons (Fsp3) is 0.571. The normalized spacial score (nSPS) is 23.7. The summed E-state index contributed by atoms with van der Waals surface area (Å²) in [4.78, 5) is 19.3. The zero-order valence-corrected chi connectivity index (χ0v) is 16.2. The van der Waals surface area contributed by atoms with Gasteiger partial charge in [-0.1, -0.05) is 24.2 Å². The van der Waals surface area contributed by atoms with Crippen molar-refractivity contribution in [2.24, 2.45) is 0 Å². The van der Waals surface area contributed by atoms with Gasteiger partial charge in [0, 0.05) is 37.6 Å². The van der Waals surface area contributed by atoms with Crippen molar-refractivity contribution < 1.29 is 18.4 Å². The molecule has 0 radical (unpaired) electrons. The van der Waals surface area contributed by atoms with E-state index in [0.717, 1.165) is 38.9 Å². The Hall–Kier alpha value is -2.28. The second kappa shape index (κ2) is 7.99. The van der Waals surface area contributed by atoms with Gasteiger partial charge in [0.15, 0.2) is 5.82 Å². The van der Waals surface area contributed by atoms with Crippen LogP contribution in [0.2, 0.25) is 0 Å². The van der Waals surface area contributed by atoms with E-state index in [1.165, 1.54) is 12.1 Å². The van der Waals surface area contributed by atoms with Crippen LogP contribution in [0.1, 0.15) is 55.8 Å². The molecule has 0 aliphatic carbocycles. The van der Waals surface area contributed by atoms with Crippen LogP contribution in [0.5, 0.6) is 0 Å². The van der Waals surface area contributed by atoms with E-state index in [-0.39, 0.29) is 29.5 Å². The lowest BCUT2D eigenvalue weighted by molar-refractivity contribution is -0.132. The van der Waals surface area contributed by atoms with E-state index >= 15 is 0 Å². The Kier molecular flexibility index (Phi) is 5.44. The summed E-state index contributed by atoms with van der Waals surface area (Å²) >= 11 is 0. The van der Waals surface area contributed by atoms with E-state index in [1.807, 2.05) is 4.90 Å². The van der Waals surface area contributed by atoms with Crippen molar-refractivity contribution in [1.29, 1.82) is 0 Å². The monoisotopic (exact) mass is 387 g/mol. The van der Waals surface area contributed by atoms with Crippen molar-refractivity contribution in [3.05, 3.63) is 47.4 Å². The predicted molar refractivity (Wildman–Crippen MR) is 100 cm³/mol. The Labute approximate surface area is 164 Å². The molecule has 2 fully saturated rings. The van der Waals surface area contributed by atoms with Crippen molar-refractivity contribution in [3.8, 4) is 0 Å². The predicted octanol–water partition coefficient (Wildman–Crippen LogP) is 3.23. The molecule has 0 bridgehead atoms. The summed E-state index contributed by atoms with van der Waals surface area (Å²) in [6.07, 6.45) is 3.79. The summed E-state index contributed by atoms with van der Waals surface area (Å²) in [5.41, 5.74) is 0.363. The molecule has 2 saturated heterocycles. The van der Waals surface area contributed by atoms with E-state index in [9.17, 15) is 9.18 Å². The van der Waals surface area contributed by atoms with Gasteiger partial charge in [-0.25, -0.2) is 4.39 Å². The third-order valence-corrected chi connectivity index (χ3v) is 5.85. The molecule has 2 aromatic rings. The van der Waals surface area contributed by atoms with Gasteiger partial charge in [-0.3, -0.25) is 4.79 Å². The molecule has 6 nitrogen and oxygen atoms in total. The maximum absolute atomic E-state index is 13.4. The van der Waals surface area contributed by atoms with E-state index in [1.54, 1.807) is 12.1 Å². The largest absolute Gasteiger partial charge is 0.381 e. The second-order valence-corrected chi connectivity index (χ2v) is 8.13. The fourth-order valence-corrected chi connectivity index (χ4v) is 4.16. The first-order chi connectivity index (χ1) is 13.5. The fourth-order valence-electron chi connectivity index (χ4n) is 4.16. The quantitative estimate of drug-likeness (QED) is 0.806. The van der Waals surface area contributed by atoms with Gasteiger partial charge in [-0.15, -0.1) is 0 Å². The van der Waals surface area contributed by atoms with E-state index in [0.29, 0.717) is 30.4 Å². The molecule has 4 rings (SSSR count). The standard InChI is InChI=1S/C21H26FN3O3/c1-21(20-23-19(28-24-20)16-6-10-27-11-7-16)8-3-9-25(14-21)18(26)13-15-4-2-5-17(22)12-15/h2,4-5,12,16H,3,6-11,13-14H2,1H3. The van der Waals surface area contributed by atoms with Gasteiger partial charge >= 0.3 is 0 Å². The molecule has 150 valence electrons. The van der Waals surface area contributed by atoms with Gasteiger partial charge in [-0.05, 0) is 43.4 Å². The maximum atomic E-state index is 13.4. The molecule has 1 amide bonds. The lowest BCUT2D eigenvalue weighted by Crippen LogP contribution is -2.48. The summed E-state index contributed by atoms with van der Waals surface area (Å²) in [7, 11) is 0. The van der Waals surface area contributed by atoms with Crippen LogP contribution in [0.15, 0.2) is 28.8 Å². The van der Waals surface area contributed by atoms with E-state index < -0.39 is 0 Å². The maximum Gasteiger partial charge on any atom is 0.229 e. The molecule has 2 aliphatic rings. The Morgan fingerprint density at radius 1 is 1.36 bits per heavy atom. The smallest absolute Gasteiger partial charge is 0.229 e.